The zero-order chi connectivity index (χ0) is 14.8. The molecule has 6 heteroatoms. The van der Waals surface area contributed by atoms with Crippen LogP contribution in [0.5, 0.6) is 0 Å². The van der Waals surface area contributed by atoms with Crippen molar-refractivity contribution in [1.29, 1.82) is 0 Å². The number of benzene rings is 1. The van der Waals surface area contributed by atoms with E-state index in [2.05, 4.69) is 26.1 Å². The average molecular weight is 366 g/mol. The first-order chi connectivity index (χ1) is 10.1. The second-order valence-electron chi connectivity index (χ2n) is 5.19. The number of halogens is 1. The maximum atomic E-state index is 11.9. The molecule has 4 nitrogen and oxygen atoms in total. The number of carbonyl (C=O) groups excluding carboxylic acids is 1. The summed E-state index contributed by atoms with van der Waals surface area (Å²) in [6.45, 7) is 0. The highest BCUT2D eigenvalue weighted by Crippen LogP contribution is 2.32. The van der Waals surface area contributed by atoms with Crippen molar-refractivity contribution in [3.63, 3.8) is 0 Å². The summed E-state index contributed by atoms with van der Waals surface area (Å²) in [6, 6.07) is 7.99. The molecule has 0 spiro atoms. The number of thioether (sulfide) groups is 1. The minimum absolute atomic E-state index is 0.0389. The first-order valence-electron chi connectivity index (χ1n) is 7.00. The van der Waals surface area contributed by atoms with E-state index in [0.29, 0.717) is 12.2 Å². The van der Waals surface area contributed by atoms with Gasteiger partial charge in [-0.15, -0.1) is 10.2 Å². The highest BCUT2D eigenvalue weighted by molar-refractivity contribution is 9.10. The molecule has 2 aromatic rings. The first kappa shape index (κ1) is 14.8. The summed E-state index contributed by atoms with van der Waals surface area (Å²) in [6.07, 6.45) is 3.80. The molecule has 110 valence electrons. The highest BCUT2D eigenvalue weighted by Gasteiger charge is 2.25. The van der Waals surface area contributed by atoms with Gasteiger partial charge in [0.05, 0.1) is 5.25 Å². The average Bonchev–Trinajstić information content (AvgIpc) is 2.83. The van der Waals surface area contributed by atoms with E-state index in [-0.39, 0.29) is 5.25 Å². The van der Waals surface area contributed by atoms with Gasteiger partial charge in [0.25, 0.3) is 0 Å². The fourth-order valence-corrected chi connectivity index (χ4v) is 4.02. The molecule has 3 rings (SSSR count). The predicted octanol–water partition coefficient (Wildman–Crippen LogP) is 3.85. The van der Waals surface area contributed by atoms with E-state index in [1.165, 1.54) is 0 Å². The van der Waals surface area contributed by atoms with Crippen molar-refractivity contribution in [2.45, 2.75) is 36.1 Å². The molecule has 0 N–H and O–H groups in total. The van der Waals surface area contributed by atoms with Gasteiger partial charge in [-0.05, 0) is 25.0 Å². The number of nitrogens with zero attached hydrogens (tertiary/aromatic N) is 3. The standard InChI is InChI=1S/C15H16BrN3OS/c1-19-14(10-5-4-6-11(16)9-10)17-18-15(19)21-13-8-3-2-7-12(13)20/h4-6,9,13H,2-3,7-8H2,1H3. The van der Waals surface area contributed by atoms with Gasteiger partial charge in [-0.1, -0.05) is 46.2 Å². The highest BCUT2D eigenvalue weighted by atomic mass is 79.9. The lowest BCUT2D eigenvalue weighted by Crippen LogP contribution is -2.21. The smallest absolute Gasteiger partial charge is 0.191 e. The number of Topliss-reactive ketones (excluding diaryl/α,β-unsaturated/α-hetero) is 1. The third-order valence-corrected chi connectivity index (χ3v) is 5.51. The molecule has 1 unspecified atom stereocenters. The molecule has 0 radical (unpaired) electrons. The van der Waals surface area contributed by atoms with Crippen LogP contribution in [0.3, 0.4) is 0 Å². The topological polar surface area (TPSA) is 47.8 Å². The minimum atomic E-state index is 0.0389. The van der Waals surface area contributed by atoms with Crippen LogP contribution < -0.4 is 0 Å². The molecule has 0 aliphatic heterocycles. The summed E-state index contributed by atoms with van der Waals surface area (Å²) in [5.41, 5.74) is 1.01. The van der Waals surface area contributed by atoms with Crippen molar-refractivity contribution in [2.75, 3.05) is 0 Å². The van der Waals surface area contributed by atoms with Crippen molar-refractivity contribution >= 4 is 33.5 Å². The SMILES string of the molecule is Cn1c(SC2CCCCC2=O)nnc1-c1cccc(Br)c1. The van der Waals surface area contributed by atoms with Gasteiger partial charge < -0.3 is 4.57 Å². The number of hydrogen-bond donors (Lipinski definition) is 0. The van der Waals surface area contributed by atoms with Gasteiger partial charge in [0, 0.05) is 23.5 Å². The Morgan fingerprint density at radius 1 is 1.33 bits per heavy atom. The lowest BCUT2D eigenvalue weighted by molar-refractivity contribution is -0.119. The fraction of sp³-hybridized carbons (Fsp3) is 0.400. The fourth-order valence-electron chi connectivity index (χ4n) is 2.50. The van der Waals surface area contributed by atoms with E-state index < -0.39 is 0 Å². The van der Waals surface area contributed by atoms with Gasteiger partial charge in [-0.25, -0.2) is 0 Å². The summed E-state index contributed by atoms with van der Waals surface area (Å²) in [4.78, 5) is 11.9. The van der Waals surface area contributed by atoms with Gasteiger partial charge in [-0.2, -0.15) is 0 Å². The van der Waals surface area contributed by atoms with Crippen molar-refractivity contribution in [1.82, 2.24) is 14.8 Å². The van der Waals surface area contributed by atoms with Crippen LogP contribution in [0.1, 0.15) is 25.7 Å². The van der Waals surface area contributed by atoms with Crippen molar-refractivity contribution in [3.8, 4) is 11.4 Å². The van der Waals surface area contributed by atoms with E-state index in [1.807, 2.05) is 35.9 Å². The molecule has 0 bridgehead atoms. The Morgan fingerprint density at radius 2 is 2.19 bits per heavy atom. The number of carbonyl (C=O) groups is 1. The zero-order valence-corrected chi connectivity index (χ0v) is 14.2. The molecule has 1 aliphatic rings. The zero-order valence-electron chi connectivity index (χ0n) is 11.8. The first-order valence-corrected chi connectivity index (χ1v) is 8.67. The van der Waals surface area contributed by atoms with Gasteiger partial charge in [-0.3, -0.25) is 4.79 Å². The Labute approximate surface area is 136 Å². The third-order valence-electron chi connectivity index (χ3n) is 3.66. The molecule has 1 aliphatic carbocycles. The molecular weight excluding hydrogens is 350 g/mol. The van der Waals surface area contributed by atoms with Crippen molar-refractivity contribution < 1.29 is 4.79 Å². The quantitative estimate of drug-likeness (QED) is 0.828. The predicted molar refractivity (Wildman–Crippen MR) is 87.3 cm³/mol. The Bertz CT molecular complexity index is 671. The molecule has 0 amide bonds. The molecule has 1 fully saturated rings. The van der Waals surface area contributed by atoms with E-state index in [1.54, 1.807) is 11.8 Å². The maximum Gasteiger partial charge on any atom is 0.191 e. The molecule has 1 aromatic carbocycles. The van der Waals surface area contributed by atoms with Crippen LogP contribution in [-0.2, 0) is 11.8 Å². The number of ketones is 1. The Morgan fingerprint density at radius 3 is 2.95 bits per heavy atom. The summed E-state index contributed by atoms with van der Waals surface area (Å²) in [7, 11) is 1.95. The maximum absolute atomic E-state index is 11.9. The van der Waals surface area contributed by atoms with Gasteiger partial charge in [0.15, 0.2) is 11.0 Å². The van der Waals surface area contributed by atoms with E-state index in [0.717, 1.165) is 40.3 Å². The second-order valence-corrected chi connectivity index (χ2v) is 7.28. The number of hydrogen-bond acceptors (Lipinski definition) is 4. The van der Waals surface area contributed by atoms with E-state index in [9.17, 15) is 4.79 Å². The van der Waals surface area contributed by atoms with E-state index >= 15 is 0 Å². The van der Waals surface area contributed by atoms with Crippen LogP contribution in [0.4, 0.5) is 0 Å². The van der Waals surface area contributed by atoms with Crippen LogP contribution >= 0.6 is 27.7 Å². The largest absolute Gasteiger partial charge is 0.305 e. The Hall–Kier alpha value is -1.14. The van der Waals surface area contributed by atoms with Crippen LogP contribution in [0.15, 0.2) is 33.9 Å². The van der Waals surface area contributed by atoms with Gasteiger partial charge >= 0.3 is 0 Å². The van der Waals surface area contributed by atoms with Crippen LogP contribution in [0.25, 0.3) is 11.4 Å². The van der Waals surface area contributed by atoms with Gasteiger partial charge in [0.2, 0.25) is 0 Å². The molecule has 1 atom stereocenters. The molecular formula is C15H16BrN3OS. The number of rotatable bonds is 3. The summed E-state index contributed by atoms with van der Waals surface area (Å²) in [5, 5.41) is 9.39. The van der Waals surface area contributed by atoms with Gasteiger partial charge in [0.1, 0.15) is 5.78 Å². The van der Waals surface area contributed by atoms with Crippen molar-refractivity contribution in [2.24, 2.45) is 7.05 Å². The van der Waals surface area contributed by atoms with Crippen LogP contribution in [-0.4, -0.2) is 25.8 Å². The molecule has 1 heterocycles. The van der Waals surface area contributed by atoms with Crippen molar-refractivity contribution in [3.05, 3.63) is 28.7 Å². The lowest BCUT2D eigenvalue weighted by atomic mass is 9.99. The molecule has 0 saturated heterocycles. The van der Waals surface area contributed by atoms with E-state index in [4.69, 9.17) is 0 Å². The third kappa shape index (κ3) is 3.21. The van der Waals surface area contributed by atoms with Crippen LogP contribution in [0, 0.1) is 0 Å². The monoisotopic (exact) mass is 365 g/mol. The molecule has 1 aromatic heterocycles. The molecule has 21 heavy (non-hydrogen) atoms. The second kappa shape index (κ2) is 6.32. The normalized spacial score (nSPS) is 19.0. The lowest BCUT2D eigenvalue weighted by Gasteiger charge is -2.19. The molecule has 1 saturated carbocycles. The Balaban J connectivity index is 1.84. The minimum Gasteiger partial charge on any atom is -0.305 e. The Kier molecular flexibility index (Phi) is 4.45. The summed E-state index contributed by atoms with van der Waals surface area (Å²) >= 11 is 5.02. The summed E-state index contributed by atoms with van der Waals surface area (Å²) in [5.74, 6) is 1.17. The summed E-state index contributed by atoms with van der Waals surface area (Å²) < 4.78 is 2.98. The van der Waals surface area contributed by atoms with Crippen LogP contribution in [0.2, 0.25) is 0 Å². The number of aromatic nitrogens is 3.